The second-order valence-electron chi connectivity index (χ2n) is 24.7. The highest BCUT2D eigenvalue weighted by Gasteiger charge is 2.24. The summed E-state index contributed by atoms with van der Waals surface area (Å²) in [6, 6.07) is 41.6. The number of nitrogens with zero attached hydrogens (tertiary/aromatic N) is 13. The van der Waals surface area contributed by atoms with Crippen molar-refractivity contribution in [2.45, 2.75) is 113 Å². The first-order valence-corrected chi connectivity index (χ1v) is 31.5. The van der Waals surface area contributed by atoms with E-state index >= 15 is 0 Å². The van der Waals surface area contributed by atoms with E-state index in [1.165, 1.54) is 36.4 Å². The van der Waals surface area contributed by atoms with Gasteiger partial charge in [0.15, 0.2) is 11.5 Å². The molecule has 0 spiro atoms. The molecular weight excluding hydrogens is 1280 g/mol. The van der Waals surface area contributed by atoms with Gasteiger partial charge in [0.2, 0.25) is 17.8 Å². The van der Waals surface area contributed by atoms with Gasteiger partial charge in [-0.2, -0.15) is 4.52 Å². The highest BCUT2D eigenvalue weighted by molar-refractivity contribution is 6.33. The van der Waals surface area contributed by atoms with Crippen molar-refractivity contribution in [2.24, 2.45) is 0 Å². The fraction of sp³-hybridized carbons (Fsp3) is 0.230. The van der Waals surface area contributed by atoms with Crippen LogP contribution in [0.3, 0.4) is 0 Å². The van der Waals surface area contributed by atoms with E-state index in [4.69, 9.17) is 48.5 Å². The zero-order valence-corrected chi connectivity index (χ0v) is 57.7. The summed E-state index contributed by atoms with van der Waals surface area (Å²) in [5.41, 5.74) is 32.9. The zero-order chi connectivity index (χ0) is 71.0. The van der Waals surface area contributed by atoms with Crippen LogP contribution in [0.4, 0.5) is 31.0 Å². The molecule has 99 heavy (non-hydrogen) atoms. The number of benzene rings is 3. The Hall–Kier alpha value is -11.4. The molecule has 9 aromatic heterocycles. The van der Waals surface area contributed by atoms with E-state index in [0.29, 0.717) is 57.6 Å². The smallest absolute Gasteiger partial charge is 0.309 e. The largest absolute Gasteiger partial charge is 0.481 e. The molecule has 9 N–H and O–H groups in total. The van der Waals surface area contributed by atoms with Gasteiger partial charge in [-0.1, -0.05) is 30.7 Å². The third kappa shape index (κ3) is 20.8. The first-order valence-electron chi connectivity index (χ1n) is 31.1. The normalized spacial score (nSPS) is 10.9. The number of carboxylic acids is 1. The van der Waals surface area contributed by atoms with Gasteiger partial charge in [-0.15, -0.1) is 5.10 Å². The molecule has 3 aromatic carbocycles. The number of hydrogen-bond acceptors (Lipinski definition) is 18. The molecule has 0 unspecified atom stereocenters. The fourth-order valence-corrected chi connectivity index (χ4v) is 10.4. The number of fused-ring (bicyclic) bond motifs is 1. The molecule has 0 aliphatic carbocycles. The number of carbonyl (C=O) groups is 1. The molecule has 21 nitrogen and oxygen atoms in total. The Morgan fingerprint density at radius 2 is 0.929 bits per heavy atom. The molecule has 12 rings (SSSR count). The van der Waals surface area contributed by atoms with Crippen molar-refractivity contribution >= 4 is 41.1 Å². The van der Waals surface area contributed by atoms with E-state index in [9.17, 15) is 18.0 Å². The number of aryl methyl sites for hydroxylation is 6. The molecule has 0 atom stereocenters. The number of aromatic nitrogens is 13. The summed E-state index contributed by atoms with van der Waals surface area (Å²) in [7, 11) is 0. The SMILES string of the molecule is CCc1nc(NC(C)(C)C)nc(-c2ccc(F)cc2)c1-c1ccnc(C)c1.Cc1cc(-c2c(-c3ccc(F)cc3)nc(N)n3nc(Cc4cccc(C)n4)nc23)ccn1.Cc1cc(-c2c(Cl)nc(NC(C)(C)C)nc2-c2ccc(F)cc2)ccn1.Cc1cccc(CC(=O)O)n1.N=N.O.[HH]. The van der Waals surface area contributed by atoms with E-state index in [1.54, 1.807) is 71.6 Å². The van der Waals surface area contributed by atoms with Gasteiger partial charge >= 0.3 is 5.97 Å². The number of pyridine rings is 5. The monoisotopic (exact) mass is 1360 g/mol. The first-order chi connectivity index (χ1) is 46.6. The summed E-state index contributed by atoms with van der Waals surface area (Å²) >= 11 is 6.55. The number of carboxylic acid groups (broad SMARTS) is 1. The lowest BCUT2D eigenvalue weighted by atomic mass is 9.96. The third-order valence-corrected chi connectivity index (χ3v) is 14.5. The Morgan fingerprint density at radius 1 is 0.525 bits per heavy atom. The summed E-state index contributed by atoms with van der Waals surface area (Å²) in [5.74, 6) is 0.0537. The van der Waals surface area contributed by atoms with E-state index < -0.39 is 5.97 Å². The average molecular weight is 1360 g/mol. The van der Waals surface area contributed by atoms with Crippen LogP contribution in [0.1, 0.15) is 101 Å². The molecule has 0 aliphatic rings. The molecule has 25 heteroatoms. The Bertz CT molecular complexity index is 4750. The van der Waals surface area contributed by atoms with Crippen molar-refractivity contribution in [3.8, 4) is 67.2 Å². The summed E-state index contributed by atoms with van der Waals surface area (Å²) in [6.07, 6.45) is 6.47. The van der Waals surface area contributed by atoms with E-state index in [1.807, 2.05) is 116 Å². The van der Waals surface area contributed by atoms with Crippen LogP contribution in [0.2, 0.25) is 5.15 Å². The van der Waals surface area contributed by atoms with Crippen LogP contribution < -0.4 is 16.4 Å². The number of halogens is 4. The Labute approximate surface area is 579 Å². The maximum atomic E-state index is 13.6. The number of aliphatic carboxylic acids is 1. The van der Waals surface area contributed by atoms with Gasteiger partial charge in [-0.25, -0.2) is 54.1 Å². The molecule has 0 radical (unpaired) electrons. The van der Waals surface area contributed by atoms with E-state index in [-0.39, 0.29) is 47.8 Å². The number of anilines is 3. The molecule has 0 bridgehead atoms. The Morgan fingerprint density at radius 3 is 1.35 bits per heavy atom. The van der Waals surface area contributed by atoms with Crippen molar-refractivity contribution in [3.63, 3.8) is 0 Å². The third-order valence-electron chi connectivity index (χ3n) is 14.2. The van der Waals surface area contributed by atoms with Crippen molar-refractivity contribution in [1.82, 2.24) is 64.4 Å². The average Bonchev–Trinajstić information content (AvgIpc) is 1.48. The van der Waals surface area contributed by atoms with Gasteiger partial charge in [-0.05, 0) is 233 Å². The molecule has 0 aliphatic heterocycles. The first kappa shape index (κ1) is 75.0. The van der Waals surface area contributed by atoms with Crippen LogP contribution in [-0.4, -0.2) is 92.1 Å². The van der Waals surface area contributed by atoms with Gasteiger partial charge < -0.3 is 26.9 Å². The van der Waals surface area contributed by atoms with Gasteiger partial charge in [0.25, 0.3) is 0 Å². The predicted octanol–water partition coefficient (Wildman–Crippen LogP) is 16.2. The molecular formula is C74H80ClF3N18O3. The van der Waals surface area contributed by atoms with Gasteiger partial charge in [-0.3, -0.25) is 29.7 Å². The molecule has 9 heterocycles. The number of nitrogens with one attached hydrogen (secondary N) is 4. The molecule has 0 amide bonds. The van der Waals surface area contributed by atoms with Crippen LogP contribution in [0.5, 0.6) is 0 Å². The highest BCUT2D eigenvalue weighted by Crippen LogP contribution is 2.39. The minimum atomic E-state index is -0.844. The number of nitrogens with two attached hydrogens (primary N) is 1. The minimum absolute atomic E-state index is 0. The van der Waals surface area contributed by atoms with Crippen molar-refractivity contribution in [2.75, 3.05) is 16.4 Å². The summed E-state index contributed by atoms with van der Waals surface area (Å²) < 4.78 is 42.0. The number of rotatable bonds is 13. The van der Waals surface area contributed by atoms with Crippen LogP contribution in [0.25, 0.3) is 72.8 Å². The van der Waals surface area contributed by atoms with E-state index in [0.717, 1.165) is 96.5 Å². The Balaban J connectivity index is 0.000000216. The quantitative estimate of drug-likeness (QED) is 0.0461. The maximum absolute atomic E-state index is 13.6. The summed E-state index contributed by atoms with van der Waals surface area (Å²) in [4.78, 5) is 59.7. The van der Waals surface area contributed by atoms with Crippen LogP contribution >= 0.6 is 11.6 Å². The van der Waals surface area contributed by atoms with Crippen molar-refractivity contribution in [1.29, 1.82) is 11.1 Å². The van der Waals surface area contributed by atoms with Crippen molar-refractivity contribution in [3.05, 3.63) is 238 Å². The van der Waals surface area contributed by atoms with E-state index in [2.05, 4.69) is 83.3 Å². The lowest BCUT2D eigenvalue weighted by molar-refractivity contribution is -0.136. The van der Waals surface area contributed by atoms with Gasteiger partial charge in [0, 0.05) is 93.1 Å². The topological polar surface area (TPSA) is 326 Å². The summed E-state index contributed by atoms with van der Waals surface area (Å²) in [6.45, 7) is 23.9. The second-order valence-corrected chi connectivity index (χ2v) is 25.1. The van der Waals surface area contributed by atoms with Crippen molar-refractivity contribution < 1.29 is 30.0 Å². The molecule has 0 saturated carbocycles. The second kappa shape index (κ2) is 33.5. The standard InChI is InChI=1S/C24H20FN7.C22H25FN4.C20H20ClFN4.C8H9NO2.H2N2.H2O.H2/c1-14-4-3-5-19(28-14)13-20-29-23-21(17-10-11-27-15(2)12-17)22(30-24(26)32(23)31-20)16-6-8-18(25)9-7-16;1-6-18-19(16-11-12-24-14(2)13-16)20(15-7-9-17(23)10-8-15)26-21(25-18)27-22(3,4)5;1-12-11-14(9-10-23-12)16-17(13-5-7-15(22)8-6-13)24-19(25-18(16)21)26-20(2,3)4;1-6-3-2-4-7(9-6)5-8(10)11;1-2;;/h3-12H,13H2,1-2H3,(H2,26,30);7-13H,6H2,1-5H3,(H,25,26,27);5-11H,1-4H3,(H,24,25,26);2-4H,5H2,1H3,(H,10,11);1-2H;1H2;1H. The maximum Gasteiger partial charge on any atom is 0.309 e. The Kier molecular flexibility index (Phi) is 25.4. The number of nitrogen functional groups attached to an aromatic ring is 1. The van der Waals surface area contributed by atoms with Crippen LogP contribution in [-0.2, 0) is 24.1 Å². The lowest BCUT2D eigenvalue weighted by Gasteiger charge is -2.23. The molecule has 0 fully saturated rings. The number of hydrogen-bond donors (Lipinski definition) is 6. The fourth-order valence-electron chi connectivity index (χ4n) is 10.1. The molecule has 512 valence electrons. The highest BCUT2D eigenvalue weighted by atomic mass is 35.5. The zero-order valence-electron chi connectivity index (χ0n) is 57.0. The van der Waals surface area contributed by atoms with Crippen LogP contribution in [0, 0.1) is 63.1 Å². The lowest BCUT2D eigenvalue weighted by Crippen LogP contribution is -2.27. The predicted molar refractivity (Wildman–Crippen MR) is 384 cm³/mol. The molecule has 12 aromatic rings. The van der Waals surface area contributed by atoms with Gasteiger partial charge in [0.1, 0.15) is 22.6 Å². The van der Waals surface area contributed by atoms with Gasteiger partial charge in [0.05, 0.1) is 46.9 Å². The molecule has 0 saturated heterocycles. The summed E-state index contributed by atoms with van der Waals surface area (Å²) in [5, 5.41) is 19.9. The minimum Gasteiger partial charge on any atom is -0.481 e. The van der Waals surface area contributed by atoms with Crippen LogP contribution in [0.15, 0.2) is 164 Å².